The molecule has 6 nitrogen and oxygen atoms in total. The summed E-state index contributed by atoms with van der Waals surface area (Å²) < 4.78 is 3.32. The van der Waals surface area contributed by atoms with E-state index < -0.39 is 0 Å². The maximum Gasteiger partial charge on any atom is 0.328 e. The quantitative estimate of drug-likeness (QED) is 0.758. The number of aryl methyl sites for hydroxylation is 2. The lowest BCUT2D eigenvalue weighted by atomic mass is 9.92. The number of piperidine rings is 1. The van der Waals surface area contributed by atoms with Gasteiger partial charge in [-0.05, 0) is 43.4 Å². The zero-order chi connectivity index (χ0) is 19.4. The first-order valence-electron chi connectivity index (χ1n) is 10.1. The lowest BCUT2D eigenvalue weighted by Gasteiger charge is -2.34. The van der Waals surface area contributed by atoms with E-state index in [1.165, 1.54) is 19.5 Å². The molecule has 6 heteroatoms. The maximum atomic E-state index is 12.4. The standard InChI is InChI=1S/C21H32N4O2/c1-16-13-17(2)15-24(14-16)11-6-10-22-20(26)9-12-25-19-8-5-4-7-18(19)23(3)21(25)27/h4-5,7-8,16-17H,6,9-15H2,1-3H3,(H,22,26)/t16-,17-/m1/s1. The predicted molar refractivity (Wildman–Crippen MR) is 109 cm³/mol. The lowest BCUT2D eigenvalue weighted by Crippen LogP contribution is -2.40. The van der Waals surface area contributed by atoms with Gasteiger partial charge in [-0.25, -0.2) is 4.79 Å². The molecule has 3 rings (SSSR count). The molecule has 1 fully saturated rings. The van der Waals surface area contributed by atoms with Crippen LogP contribution in [0, 0.1) is 11.8 Å². The van der Waals surface area contributed by atoms with Crippen molar-refractivity contribution in [3.05, 3.63) is 34.7 Å². The van der Waals surface area contributed by atoms with Crippen LogP contribution < -0.4 is 11.0 Å². The summed E-state index contributed by atoms with van der Waals surface area (Å²) in [6, 6.07) is 7.69. The molecule has 148 valence electrons. The molecule has 0 spiro atoms. The van der Waals surface area contributed by atoms with Gasteiger partial charge in [0.2, 0.25) is 5.91 Å². The smallest absolute Gasteiger partial charge is 0.328 e. The summed E-state index contributed by atoms with van der Waals surface area (Å²) in [6.07, 6.45) is 2.62. The summed E-state index contributed by atoms with van der Waals surface area (Å²) in [5.41, 5.74) is 1.70. The van der Waals surface area contributed by atoms with Crippen LogP contribution in [0.1, 0.15) is 33.1 Å². The fourth-order valence-electron chi connectivity index (χ4n) is 4.39. The molecule has 1 amide bonds. The number of hydrogen-bond acceptors (Lipinski definition) is 3. The molecule has 0 saturated carbocycles. The molecule has 27 heavy (non-hydrogen) atoms. The number of para-hydroxylation sites is 2. The predicted octanol–water partition coefficient (Wildman–Crippen LogP) is 2.21. The summed E-state index contributed by atoms with van der Waals surface area (Å²) in [7, 11) is 1.77. The average Bonchev–Trinajstić information content (AvgIpc) is 2.87. The zero-order valence-corrected chi connectivity index (χ0v) is 16.8. The first-order chi connectivity index (χ1) is 13.0. The molecule has 1 aromatic heterocycles. The highest BCUT2D eigenvalue weighted by Crippen LogP contribution is 2.20. The monoisotopic (exact) mass is 372 g/mol. The van der Waals surface area contributed by atoms with Crippen molar-refractivity contribution >= 4 is 16.9 Å². The number of benzene rings is 1. The maximum absolute atomic E-state index is 12.4. The number of nitrogens with zero attached hydrogens (tertiary/aromatic N) is 3. The Balaban J connectivity index is 1.43. The zero-order valence-electron chi connectivity index (χ0n) is 16.8. The Hall–Kier alpha value is -2.08. The molecule has 0 unspecified atom stereocenters. The van der Waals surface area contributed by atoms with E-state index in [1.54, 1.807) is 16.2 Å². The number of carbonyl (C=O) groups is 1. The van der Waals surface area contributed by atoms with Gasteiger partial charge in [0.1, 0.15) is 0 Å². The molecule has 1 aliphatic rings. The highest BCUT2D eigenvalue weighted by atomic mass is 16.2. The minimum atomic E-state index is -0.0719. The average molecular weight is 373 g/mol. The van der Waals surface area contributed by atoms with E-state index in [9.17, 15) is 9.59 Å². The fraction of sp³-hybridized carbons (Fsp3) is 0.619. The van der Waals surface area contributed by atoms with Crippen LogP contribution in [-0.2, 0) is 18.4 Å². The Labute approximate surface area is 161 Å². The van der Waals surface area contributed by atoms with Gasteiger partial charge >= 0.3 is 5.69 Å². The summed E-state index contributed by atoms with van der Waals surface area (Å²) in [4.78, 5) is 27.1. The number of carbonyl (C=O) groups excluding carboxylic acids is 1. The molecule has 0 radical (unpaired) electrons. The van der Waals surface area contributed by atoms with Gasteiger partial charge in [0.05, 0.1) is 11.0 Å². The van der Waals surface area contributed by atoms with Gasteiger partial charge in [0, 0.05) is 39.6 Å². The van der Waals surface area contributed by atoms with E-state index in [0.717, 1.165) is 35.8 Å². The summed E-state index contributed by atoms with van der Waals surface area (Å²) >= 11 is 0. The second-order valence-corrected chi connectivity index (χ2v) is 8.14. The van der Waals surface area contributed by atoms with Crippen molar-refractivity contribution in [1.29, 1.82) is 0 Å². The van der Waals surface area contributed by atoms with Crippen LogP contribution >= 0.6 is 0 Å². The van der Waals surface area contributed by atoms with Gasteiger partial charge in [-0.1, -0.05) is 26.0 Å². The Kier molecular flexibility index (Phi) is 6.37. The Morgan fingerprint density at radius 1 is 1.11 bits per heavy atom. The molecule has 1 N–H and O–H groups in total. The van der Waals surface area contributed by atoms with Crippen molar-refractivity contribution < 1.29 is 4.79 Å². The van der Waals surface area contributed by atoms with Gasteiger partial charge in [-0.3, -0.25) is 13.9 Å². The summed E-state index contributed by atoms with van der Waals surface area (Å²) in [6.45, 7) is 9.12. The third-order valence-corrected chi connectivity index (χ3v) is 5.53. The lowest BCUT2D eigenvalue weighted by molar-refractivity contribution is -0.121. The second-order valence-electron chi connectivity index (χ2n) is 8.14. The molecule has 1 saturated heterocycles. The molecule has 0 aliphatic carbocycles. The summed E-state index contributed by atoms with van der Waals surface area (Å²) in [5.74, 6) is 1.54. The molecule has 1 aliphatic heterocycles. The number of imidazole rings is 1. The second kappa shape index (κ2) is 8.74. The van der Waals surface area contributed by atoms with E-state index in [-0.39, 0.29) is 11.6 Å². The number of fused-ring (bicyclic) bond motifs is 1. The van der Waals surface area contributed by atoms with Crippen LogP contribution in [0.5, 0.6) is 0 Å². The Morgan fingerprint density at radius 3 is 2.48 bits per heavy atom. The van der Waals surface area contributed by atoms with Crippen LogP contribution in [0.3, 0.4) is 0 Å². The van der Waals surface area contributed by atoms with Crippen LogP contribution in [-0.4, -0.2) is 46.1 Å². The Morgan fingerprint density at radius 2 is 1.78 bits per heavy atom. The molecular weight excluding hydrogens is 340 g/mol. The number of aromatic nitrogens is 2. The number of hydrogen-bond donors (Lipinski definition) is 1. The molecular formula is C21H32N4O2. The molecule has 1 aromatic carbocycles. The number of likely N-dealkylation sites (tertiary alicyclic amines) is 1. The van der Waals surface area contributed by atoms with E-state index in [1.807, 2.05) is 24.3 Å². The fourth-order valence-corrected chi connectivity index (χ4v) is 4.39. The first kappa shape index (κ1) is 19.7. The van der Waals surface area contributed by atoms with E-state index >= 15 is 0 Å². The molecule has 0 bridgehead atoms. The highest BCUT2D eigenvalue weighted by Gasteiger charge is 2.21. The minimum Gasteiger partial charge on any atom is -0.356 e. The van der Waals surface area contributed by atoms with Gasteiger partial charge in [-0.2, -0.15) is 0 Å². The molecule has 2 aromatic rings. The largest absolute Gasteiger partial charge is 0.356 e. The van der Waals surface area contributed by atoms with Gasteiger partial charge in [0.15, 0.2) is 0 Å². The van der Waals surface area contributed by atoms with E-state index in [4.69, 9.17) is 0 Å². The van der Waals surface area contributed by atoms with Crippen LogP contribution in [0.2, 0.25) is 0 Å². The topological polar surface area (TPSA) is 59.3 Å². The normalized spacial score (nSPS) is 20.9. The number of nitrogens with one attached hydrogen (secondary N) is 1. The van der Waals surface area contributed by atoms with Crippen LogP contribution in [0.15, 0.2) is 29.1 Å². The van der Waals surface area contributed by atoms with Crippen LogP contribution in [0.4, 0.5) is 0 Å². The molecule has 2 atom stereocenters. The molecule has 2 heterocycles. The SMILES string of the molecule is C[C@@H]1C[C@@H](C)CN(CCCNC(=O)CCn2c(=O)n(C)c3ccccc32)C1. The van der Waals surface area contributed by atoms with Crippen molar-refractivity contribution in [2.45, 2.75) is 39.7 Å². The van der Waals surface area contributed by atoms with E-state index in [0.29, 0.717) is 19.5 Å². The van der Waals surface area contributed by atoms with Gasteiger partial charge in [0.25, 0.3) is 0 Å². The number of amides is 1. The van der Waals surface area contributed by atoms with Crippen molar-refractivity contribution in [1.82, 2.24) is 19.4 Å². The first-order valence-corrected chi connectivity index (χ1v) is 10.1. The third kappa shape index (κ3) is 4.80. The minimum absolute atomic E-state index is 0.00946. The van der Waals surface area contributed by atoms with Crippen molar-refractivity contribution in [3.63, 3.8) is 0 Å². The Bertz CT molecular complexity index is 828. The van der Waals surface area contributed by atoms with E-state index in [2.05, 4.69) is 24.1 Å². The van der Waals surface area contributed by atoms with Crippen molar-refractivity contribution in [2.24, 2.45) is 18.9 Å². The highest BCUT2D eigenvalue weighted by molar-refractivity contribution is 5.77. The van der Waals surface area contributed by atoms with Gasteiger partial charge < -0.3 is 10.2 Å². The van der Waals surface area contributed by atoms with Crippen molar-refractivity contribution in [3.8, 4) is 0 Å². The van der Waals surface area contributed by atoms with Crippen molar-refractivity contribution in [2.75, 3.05) is 26.2 Å². The summed E-state index contributed by atoms with van der Waals surface area (Å²) in [5, 5.41) is 3.00. The number of rotatable bonds is 7. The van der Waals surface area contributed by atoms with Gasteiger partial charge in [-0.15, -0.1) is 0 Å². The third-order valence-electron chi connectivity index (χ3n) is 5.53. The van der Waals surface area contributed by atoms with Crippen LogP contribution in [0.25, 0.3) is 11.0 Å².